The molecule has 0 aromatic heterocycles. The minimum Gasteiger partial charge on any atom is -0.370 e. The van der Waals surface area contributed by atoms with Crippen LogP contribution < -0.4 is 11.1 Å². The molecule has 1 fully saturated rings. The predicted octanol–water partition coefficient (Wildman–Crippen LogP) is -0.624. The molecule has 0 aromatic rings. The maximum Gasteiger partial charge on any atom is 0.247 e. The SMILES string of the molecule is CC(CC(N)=O)NC1CC(=O)N(C(C)C)C1=O. The van der Waals surface area contributed by atoms with Crippen LogP contribution in [0.1, 0.15) is 33.6 Å². The van der Waals surface area contributed by atoms with Gasteiger partial charge in [-0.3, -0.25) is 19.3 Å². The van der Waals surface area contributed by atoms with E-state index in [4.69, 9.17) is 5.73 Å². The Morgan fingerprint density at radius 1 is 1.47 bits per heavy atom. The van der Waals surface area contributed by atoms with Crippen LogP contribution in [-0.2, 0) is 14.4 Å². The van der Waals surface area contributed by atoms with Gasteiger partial charge in [-0.15, -0.1) is 0 Å². The van der Waals surface area contributed by atoms with E-state index in [1.54, 1.807) is 20.8 Å². The van der Waals surface area contributed by atoms with Crippen molar-refractivity contribution in [1.82, 2.24) is 10.2 Å². The van der Waals surface area contributed by atoms with Gasteiger partial charge in [-0.05, 0) is 20.8 Å². The lowest BCUT2D eigenvalue weighted by Gasteiger charge is -2.20. The summed E-state index contributed by atoms with van der Waals surface area (Å²) in [7, 11) is 0. The van der Waals surface area contributed by atoms with Gasteiger partial charge >= 0.3 is 0 Å². The van der Waals surface area contributed by atoms with Crippen molar-refractivity contribution < 1.29 is 14.4 Å². The summed E-state index contributed by atoms with van der Waals surface area (Å²) in [6.07, 6.45) is 0.305. The topological polar surface area (TPSA) is 92.5 Å². The number of amides is 3. The fourth-order valence-electron chi connectivity index (χ4n) is 2.03. The largest absolute Gasteiger partial charge is 0.370 e. The van der Waals surface area contributed by atoms with E-state index >= 15 is 0 Å². The summed E-state index contributed by atoms with van der Waals surface area (Å²) in [5.41, 5.74) is 5.06. The van der Waals surface area contributed by atoms with Crippen molar-refractivity contribution in [2.75, 3.05) is 0 Å². The second-order valence-electron chi connectivity index (χ2n) is 4.69. The quantitative estimate of drug-likeness (QED) is 0.627. The van der Waals surface area contributed by atoms with E-state index < -0.39 is 11.9 Å². The van der Waals surface area contributed by atoms with Crippen LogP contribution in [0.5, 0.6) is 0 Å². The number of likely N-dealkylation sites (tertiary alicyclic amines) is 1. The van der Waals surface area contributed by atoms with E-state index in [2.05, 4.69) is 5.32 Å². The highest BCUT2D eigenvalue weighted by atomic mass is 16.2. The van der Waals surface area contributed by atoms with Crippen molar-refractivity contribution in [3.8, 4) is 0 Å². The van der Waals surface area contributed by atoms with Crippen molar-refractivity contribution in [2.45, 2.75) is 51.7 Å². The van der Waals surface area contributed by atoms with Crippen LogP contribution in [0.25, 0.3) is 0 Å². The molecule has 1 aliphatic heterocycles. The van der Waals surface area contributed by atoms with Crippen molar-refractivity contribution in [1.29, 1.82) is 0 Å². The lowest BCUT2D eigenvalue weighted by atomic mass is 10.1. The normalized spacial score (nSPS) is 22.4. The molecule has 1 rings (SSSR count). The van der Waals surface area contributed by atoms with Crippen LogP contribution in [0, 0.1) is 0 Å². The lowest BCUT2D eigenvalue weighted by Crippen LogP contribution is -2.45. The fraction of sp³-hybridized carbons (Fsp3) is 0.727. The molecule has 2 unspecified atom stereocenters. The summed E-state index contributed by atoms with van der Waals surface area (Å²) in [6.45, 7) is 5.36. The van der Waals surface area contributed by atoms with Gasteiger partial charge < -0.3 is 11.1 Å². The molecule has 3 N–H and O–H groups in total. The second kappa shape index (κ2) is 5.27. The Balaban J connectivity index is 2.60. The van der Waals surface area contributed by atoms with E-state index in [1.807, 2.05) is 0 Å². The molecule has 0 radical (unpaired) electrons. The molecule has 0 spiro atoms. The molecular weight excluding hydrogens is 222 g/mol. The third-order valence-corrected chi connectivity index (χ3v) is 2.69. The summed E-state index contributed by atoms with van der Waals surface area (Å²) in [5, 5.41) is 2.96. The Bertz CT molecular complexity index is 341. The lowest BCUT2D eigenvalue weighted by molar-refractivity contribution is -0.140. The molecule has 1 heterocycles. The van der Waals surface area contributed by atoms with E-state index in [1.165, 1.54) is 4.90 Å². The number of primary amides is 1. The smallest absolute Gasteiger partial charge is 0.247 e. The van der Waals surface area contributed by atoms with E-state index in [0.29, 0.717) is 0 Å². The molecule has 0 aromatic carbocycles. The number of nitrogens with two attached hydrogens (primary N) is 1. The van der Waals surface area contributed by atoms with Crippen molar-refractivity contribution >= 4 is 17.7 Å². The number of nitrogens with one attached hydrogen (secondary N) is 1. The summed E-state index contributed by atoms with van der Waals surface area (Å²) in [6, 6.07) is -0.867. The van der Waals surface area contributed by atoms with Gasteiger partial charge in [0.25, 0.3) is 0 Å². The van der Waals surface area contributed by atoms with E-state index in [-0.39, 0.29) is 36.7 Å². The Kier molecular flexibility index (Phi) is 4.22. The summed E-state index contributed by atoms with van der Waals surface area (Å²) in [4.78, 5) is 35.5. The van der Waals surface area contributed by atoms with Gasteiger partial charge in [-0.1, -0.05) is 0 Å². The summed E-state index contributed by atoms with van der Waals surface area (Å²) in [5.74, 6) is -0.822. The van der Waals surface area contributed by atoms with Gasteiger partial charge in [0.15, 0.2) is 0 Å². The first-order valence-electron chi connectivity index (χ1n) is 5.73. The highest BCUT2D eigenvalue weighted by molar-refractivity contribution is 6.05. The zero-order valence-electron chi connectivity index (χ0n) is 10.4. The Morgan fingerprint density at radius 2 is 2.06 bits per heavy atom. The van der Waals surface area contributed by atoms with Crippen molar-refractivity contribution in [3.05, 3.63) is 0 Å². The van der Waals surface area contributed by atoms with Gasteiger partial charge in [-0.2, -0.15) is 0 Å². The van der Waals surface area contributed by atoms with E-state index in [9.17, 15) is 14.4 Å². The van der Waals surface area contributed by atoms with Gasteiger partial charge in [0.05, 0.1) is 12.5 Å². The molecule has 6 nitrogen and oxygen atoms in total. The molecule has 1 aliphatic rings. The molecular formula is C11H19N3O3. The summed E-state index contributed by atoms with van der Waals surface area (Å²) < 4.78 is 0. The molecule has 96 valence electrons. The molecule has 2 atom stereocenters. The minimum atomic E-state index is -0.528. The van der Waals surface area contributed by atoms with Gasteiger partial charge in [0, 0.05) is 18.5 Å². The molecule has 0 aliphatic carbocycles. The number of carbonyl (C=O) groups is 3. The first kappa shape index (κ1) is 13.6. The first-order valence-corrected chi connectivity index (χ1v) is 5.73. The number of hydrogen-bond donors (Lipinski definition) is 2. The minimum absolute atomic E-state index is 0.131. The monoisotopic (exact) mass is 241 g/mol. The van der Waals surface area contributed by atoms with Crippen LogP contribution in [0.3, 0.4) is 0 Å². The van der Waals surface area contributed by atoms with E-state index in [0.717, 1.165) is 0 Å². The second-order valence-corrected chi connectivity index (χ2v) is 4.69. The predicted molar refractivity (Wildman–Crippen MR) is 61.8 cm³/mol. The number of hydrogen-bond acceptors (Lipinski definition) is 4. The Hall–Kier alpha value is -1.43. The summed E-state index contributed by atoms with van der Waals surface area (Å²) >= 11 is 0. The number of nitrogens with zero attached hydrogens (tertiary/aromatic N) is 1. The Labute approximate surface area is 101 Å². The fourth-order valence-corrected chi connectivity index (χ4v) is 2.03. The van der Waals surface area contributed by atoms with Gasteiger partial charge in [0.1, 0.15) is 0 Å². The van der Waals surface area contributed by atoms with Crippen LogP contribution in [0.4, 0.5) is 0 Å². The molecule has 0 saturated carbocycles. The third kappa shape index (κ3) is 3.26. The average Bonchev–Trinajstić information content (AvgIpc) is 2.39. The van der Waals surface area contributed by atoms with Crippen LogP contribution in [-0.4, -0.2) is 40.7 Å². The van der Waals surface area contributed by atoms with Crippen LogP contribution >= 0.6 is 0 Å². The highest BCUT2D eigenvalue weighted by Crippen LogP contribution is 2.16. The molecule has 6 heteroatoms. The Morgan fingerprint density at radius 3 is 2.47 bits per heavy atom. The highest BCUT2D eigenvalue weighted by Gasteiger charge is 2.40. The molecule has 1 saturated heterocycles. The van der Waals surface area contributed by atoms with Crippen LogP contribution in [0.2, 0.25) is 0 Å². The van der Waals surface area contributed by atoms with Gasteiger partial charge in [-0.25, -0.2) is 0 Å². The number of rotatable bonds is 5. The zero-order chi connectivity index (χ0) is 13.2. The molecule has 0 bridgehead atoms. The van der Waals surface area contributed by atoms with Crippen molar-refractivity contribution in [3.63, 3.8) is 0 Å². The average molecular weight is 241 g/mol. The number of imide groups is 1. The van der Waals surface area contributed by atoms with Gasteiger partial charge in [0.2, 0.25) is 17.7 Å². The third-order valence-electron chi connectivity index (χ3n) is 2.69. The molecule has 3 amide bonds. The first-order chi connectivity index (χ1) is 7.82. The standard InChI is InChI=1S/C11H19N3O3/c1-6(2)14-10(16)5-8(11(14)17)13-7(3)4-9(12)15/h6-8,13H,4-5H2,1-3H3,(H2,12,15). The number of carbonyl (C=O) groups excluding carboxylic acids is 3. The zero-order valence-corrected chi connectivity index (χ0v) is 10.4. The maximum absolute atomic E-state index is 11.9. The van der Waals surface area contributed by atoms with Crippen LogP contribution in [0.15, 0.2) is 0 Å². The maximum atomic E-state index is 11.9. The van der Waals surface area contributed by atoms with Crippen molar-refractivity contribution in [2.24, 2.45) is 5.73 Å². The molecule has 17 heavy (non-hydrogen) atoms.